The Labute approximate surface area is 90.9 Å². The van der Waals surface area contributed by atoms with E-state index in [1.165, 1.54) is 16.5 Å². The fourth-order valence-corrected chi connectivity index (χ4v) is 2.01. The van der Waals surface area contributed by atoms with Gasteiger partial charge >= 0.3 is 0 Å². The first-order chi connectivity index (χ1) is 7.11. The molecule has 0 aliphatic carbocycles. The van der Waals surface area contributed by atoms with Crippen LogP contribution in [0.15, 0.2) is 24.7 Å². The van der Waals surface area contributed by atoms with Crippen molar-refractivity contribution in [1.29, 1.82) is 0 Å². The molecule has 0 radical (unpaired) electrons. The second-order valence-electron chi connectivity index (χ2n) is 4.63. The van der Waals surface area contributed by atoms with Crippen molar-refractivity contribution in [3.63, 3.8) is 0 Å². The molecule has 0 bridgehead atoms. The van der Waals surface area contributed by atoms with Crippen LogP contribution in [-0.4, -0.2) is 9.55 Å². The SMILES string of the molecule is CC(C)c1cn(C(C)C)c2cnccc12. The van der Waals surface area contributed by atoms with E-state index >= 15 is 0 Å². The molecule has 0 aromatic carbocycles. The zero-order valence-corrected chi connectivity index (χ0v) is 9.86. The number of hydrogen-bond acceptors (Lipinski definition) is 1. The Kier molecular flexibility index (Phi) is 2.51. The summed E-state index contributed by atoms with van der Waals surface area (Å²) < 4.78 is 2.30. The molecule has 0 aliphatic heterocycles. The fourth-order valence-electron chi connectivity index (χ4n) is 2.01. The highest BCUT2D eigenvalue weighted by atomic mass is 15.0. The summed E-state index contributed by atoms with van der Waals surface area (Å²) in [6, 6.07) is 2.60. The second-order valence-corrected chi connectivity index (χ2v) is 4.63. The first-order valence-electron chi connectivity index (χ1n) is 5.55. The maximum absolute atomic E-state index is 4.21. The van der Waals surface area contributed by atoms with Crippen LogP contribution in [0.2, 0.25) is 0 Å². The summed E-state index contributed by atoms with van der Waals surface area (Å²) in [6.45, 7) is 8.88. The summed E-state index contributed by atoms with van der Waals surface area (Å²) in [5.74, 6) is 0.565. The molecular formula is C13H18N2. The van der Waals surface area contributed by atoms with Crippen molar-refractivity contribution < 1.29 is 0 Å². The van der Waals surface area contributed by atoms with Gasteiger partial charge in [0.1, 0.15) is 0 Å². The molecule has 0 N–H and O–H groups in total. The van der Waals surface area contributed by atoms with Crippen LogP contribution >= 0.6 is 0 Å². The van der Waals surface area contributed by atoms with Crippen LogP contribution in [0.25, 0.3) is 10.9 Å². The quantitative estimate of drug-likeness (QED) is 0.725. The highest BCUT2D eigenvalue weighted by molar-refractivity contribution is 5.83. The third-order valence-electron chi connectivity index (χ3n) is 2.85. The summed E-state index contributed by atoms with van der Waals surface area (Å²) in [7, 11) is 0. The number of nitrogens with zero attached hydrogens (tertiary/aromatic N) is 2. The minimum absolute atomic E-state index is 0.490. The van der Waals surface area contributed by atoms with Crippen LogP contribution in [0.5, 0.6) is 0 Å². The van der Waals surface area contributed by atoms with Crippen molar-refractivity contribution >= 4 is 10.9 Å². The summed E-state index contributed by atoms with van der Waals surface area (Å²) in [5, 5.41) is 1.34. The lowest BCUT2D eigenvalue weighted by Crippen LogP contribution is -1.98. The minimum atomic E-state index is 0.490. The van der Waals surface area contributed by atoms with Crippen LogP contribution in [0, 0.1) is 0 Å². The van der Waals surface area contributed by atoms with Crippen molar-refractivity contribution in [2.75, 3.05) is 0 Å². The number of pyridine rings is 1. The zero-order valence-electron chi connectivity index (χ0n) is 9.86. The standard InChI is InChI=1S/C13H18N2/c1-9(2)12-8-15(10(3)4)13-7-14-6-5-11(12)13/h5-10H,1-4H3. The maximum Gasteiger partial charge on any atom is 0.0672 e. The van der Waals surface area contributed by atoms with Crippen LogP contribution in [-0.2, 0) is 0 Å². The van der Waals surface area contributed by atoms with Crippen LogP contribution < -0.4 is 0 Å². The van der Waals surface area contributed by atoms with E-state index in [4.69, 9.17) is 0 Å². The summed E-state index contributed by atoms with van der Waals surface area (Å²) in [4.78, 5) is 4.21. The van der Waals surface area contributed by atoms with Crippen LogP contribution in [0.1, 0.15) is 45.2 Å². The van der Waals surface area contributed by atoms with E-state index in [9.17, 15) is 0 Å². The van der Waals surface area contributed by atoms with Gasteiger partial charge in [-0.3, -0.25) is 4.98 Å². The smallest absolute Gasteiger partial charge is 0.0672 e. The Morgan fingerprint density at radius 3 is 2.53 bits per heavy atom. The van der Waals surface area contributed by atoms with Gasteiger partial charge in [-0.05, 0) is 31.4 Å². The number of hydrogen-bond donors (Lipinski definition) is 0. The molecule has 2 heteroatoms. The average Bonchev–Trinajstić information content (AvgIpc) is 2.56. The third-order valence-corrected chi connectivity index (χ3v) is 2.85. The zero-order chi connectivity index (χ0) is 11.0. The van der Waals surface area contributed by atoms with E-state index in [0.29, 0.717) is 12.0 Å². The van der Waals surface area contributed by atoms with Gasteiger partial charge in [0.2, 0.25) is 0 Å². The van der Waals surface area contributed by atoms with E-state index in [-0.39, 0.29) is 0 Å². The lowest BCUT2D eigenvalue weighted by atomic mass is 10.0. The topological polar surface area (TPSA) is 17.8 Å². The molecule has 80 valence electrons. The van der Waals surface area contributed by atoms with Crippen molar-refractivity contribution in [2.24, 2.45) is 0 Å². The minimum Gasteiger partial charge on any atom is -0.343 e. The van der Waals surface area contributed by atoms with Gasteiger partial charge in [0.15, 0.2) is 0 Å². The molecule has 2 heterocycles. The van der Waals surface area contributed by atoms with Gasteiger partial charge in [0.25, 0.3) is 0 Å². The first-order valence-corrected chi connectivity index (χ1v) is 5.55. The monoisotopic (exact) mass is 202 g/mol. The van der Waals surface area contributed by atoms with E-state index in [0.717, 1.165) is 0 Å². The normalized spacial score (nSPS) is 11.9. The van der Waals surface area contributed by atoms with E-state index < -0.39 is 0 Å². The van der Waals surface area contributed by atoms with Gasteiger partial charge in [-0.1, -0.05) is 13.8 Å². The van der Waals surface area contributed by atoms with Gasteiger partial charge in [-0.25, -0.2) is 0 Å². The number of fused-ring (bicyclic) bond motifs is 1. The Balaban J connectivity index is 2.73. The molecule has 2 aromatic heterocycles. The molecule has 0 amide bonds. The molecule has 0 spiro atoms. The van der Waals surface area contributed by atoms with E-state index in [1.807, 2.05) is 12.4 Å². The average molecular weight is 202 g/mol. The summed E-state index contributed by atoms with van der Waals surface area (Å²) in [6.07, 6.45) is 6.10. The Morgan fingerprint density at radius 2 is 1.93 bits per heavy atom. The van der Waals surface area contributed by atoms with Crippen LogP contribution in [0.3, 0.4) is 0 Å². The molecule has 2 aromatic rings. The van der Waals surface area contributed by atoms with Crippen LogP contribution in [0.4, 0.5) is 0 Å². The van der Waals surface area contributed by atoms with E-state index in [2.05, 4.69) is 49.5 Å². The molecule has 0 saturated heterocycles. The predicted molar refractivity (Wildman–Crippen MR) is 64.2 cm³/mol. The van der Waals surface area contributed by atoms with Gasteiger partial charge in [-0.15, -0.1) is 0 Å². The van der Waals surface area contributed by atoms with Crippen molar-refractivity contribution in [2.45, 2.75) is 39.7 Å². The molecule has 2 rings (SSSR count). The molecule has 15 heavy (non-hydrogen) atoms. The van der Waals surface area contributed by atoms with Crippen molar-refractivity contribution in [3.05, 3.63) is 30.2 Å². The van der Waals surface area contributed by atoms with Gasteiger partial charge in [0.05, 0.1) is 11.7 Å². The largest absolute Gasteiger partial charge is 0.343 e. The maximum atomic E-state index is 4.21. The second kappa shape index (κ2) is 3.69. The molecule has 0 fully saturated rings. The Hall–Kier alpha value is -1.31. The number of aromatic nitrogens is 2. The van der Waals surface area contributed by atoms with Gasteiger partial charge < -0.3 is 4.57 Å². The van der Waals surface area contributed by atoms with Gasteiger partial charge in [0, 0.05) is 23.8 Å². The van der Waals surface area contributed by atoms with E-state index in [1.54, 1.807) is 0 Å². The molecule has 0 atom stereocenters. The fraction of sp³-hybridized carbons (Fsp3) is 0.462. The molecular weight excluding hydrogens is 184 g/mol. The summed E-state index contributed by atoms with van der Waals surface area (Å²) >= 11 is 0. The third kappa shape index (κ3) is 1.65. The first kappa shape index (κ1) is 10.2. The number of rotatable bonds is 2. The Bertz CT molecular complexity index is 424. The highest BCUT2D eigenvalue weighted by Gasteiger charge is 2.12. The molecule has 0 unspecified atom stereocenters. The predicted octanol–water partition coefficient (Wildman–Crippen LogP) is 3.74. The lowest BCUT2D eigenvalue weighted by molar-refractivity contribution is 0.618. The lowest BCUT2D eigenvalue weighted by Gasteiger charge is -2.08. The Morgan fingerprint density at radius 1 is 1.20 bits per heavy atom. The molecule has 2 nitrogen and oxygen atoms in total. The van der Waals surface area contributed by atoms with Crippen molar-refractivity contribution in [3.8, 4) is 0 Å². The van der Waals surface area contributed by atoms with Crippen molar-refractivity contribution in [1.82, 2.24) is 9.55 Å². The highest BCUT2D eigenvalue weighted by Crippen LogP contribution is 2.28. The summed E-state index contributed by atoms with van der Waals surface area (Å²) in [5.41, 5.74) is 2.66. The molecule has 0 saturated carbocycles. The van der Waals surface area contributed by atoms with Gasteiger partial charge in [-0.2, -0.15) is 0 Å². The molecule has 0 aliphatic rings.